The molecule has 0 aliphatic heterocycles. The number of carbonyl (C=O) groups is 2. The summed E-state index contributed by atoms with van der Waals surface area (Å²) in [6.07, 6.45) is 1.21. The lowest BCUT2D eigenvalue weighted by molar-refractivity contribution is -0.145. The molecule has 0 radical (unpaired) electrons. The third-order valence-corrected chi connectivity index (χ3v) is 1.69. The maximum absolute atomic E-state index is 10.3. The molecule has 0 aromatic rings. The van der Waals surface area contributed by atoms with Crippen molar-refractivity contribution in [3.63, 3.8) is 0 Å². The highest BCUT2D eigenvalue weighted by Gasteiger charge is 2.21. The van der Waals surface area contributed by atoms with E-state index in [1.807, 2.05) is 6.92 Å². The topological polar surface area (TPSA) is 54.4 Å². The number of aliphatic carboxylic acids is 1. The number of hydrogen-bond donors (Lipinski definition) is 1. The first kappa shape index (κ1) is 9.14. The van der Waals surface area contributed by atoms with Gasteiger partial charge < -0.3 is 9.90 Å². The third-order valence-electron chi connectivity index (χ3n) is 1.69. The lowest BCUT2D eigenvalue weighted by Crippen LogP contribution is -2.22. The number of rotatable bonds is 4. The Kier molecular flexibility index (Phi) is 3.69. The van der Waals surface area contributed by atoms with Gasteiger partial charge in [-0.15, -0.1) is 0 Å². The summed E-state index contributed by atoms with van der Waals surface area (Å²) in [6.45, 7) is 3.62. The predicted octanol–water partition coefficient (Wildman–Crippen LogP) is 0.932. The molecular weight excluding hydrogens is 132 g/mol. The summed E-state index contributed by atoms with van der Waals surface area (Å²) in [5.41, 5.74) is 0. The van der Waals surface area contributed by atoms with E-state index in [4.69, 9.17) is 5.11 Å². The molecule has 2 unspecified atom stereocenters. The second-order valence-corrected chi connectivity index (χ2v) is 2.39. The zero-order chi connectivity index (χ0) is 8.15. The van der Waals surface area contributed by atoms with Crippen LogP contribution in [0.2, 0.25) is 0 Å². The van der Waals surface area contributed by atoms with Gasteiger partial charge in [-0.25, -0.2) is 0 Å². The van der Waals surface area contributed by atoms with E-state index in [2.05, 4.69) is 0 Å². The molecule has 0 saturated heterocycles. The molecule has 1 N–H and O–H groups in total. The predicted molar refractivity (Wildman–Crippen MR) is 36.6 cm³/mol. The quantitative estimate of drug-likeness (QED) is 0.471. The van der Waals surface area contributed by atoms with Gasteiger partial charge in [0, 0.05) is 0 Å². The summed E-state index contributed by atoms with van der Waals surface area (Å²) in [5.74, 6) is -1.91. The lowest BCUT2D eigenvalue weighted by atomic mass is 9.93. The molecule has 10 heavy (non-hydrogen) atoms. The summed E-state index contributed by atoms with van der Waals surface area (Å²) < 4.78 is 0. The average Bonchev–Trinajstić information content (AvgIpc) is 1.88. The van der Waals surface area contributed by atoms with Crippen LogP contribution >= 0.6 is 0 Å². The van der Waals surface area contributed by atoms with Crippen LogP contribution in [-0.2, 0) is 9.59 Å². The average molecular weight is 144 g/mol. The molecule has 0 heterocycles. The third kappa shape index (κ3) is 2.17. The molecule has 0 rings (SSSR count). The summed E-state index contributed by atoms with van der Waals surface area (Å²) in [5, 5.41) is 8.44. The minimum absolute atomic E-state index is 0.0602. The van der Waals surface area contributed by atoms with Gasteiger partial charge in [0.05, 0.1) is 0 Å². The van der Waals surface area contributed by atoms with Crippen LogP contribution in [0.1, 0.15) is 20.3 Å². The van der Waals surface area contributed by atoms with Crippen LogP contribution in [0.15, 0.2) is 0 Å². The molecule has 0 bridgehead atoms. The molecule has 3 nitrogen and oxygen atoms in total. The Hall–Kier alpha value is -0.860. The summed E-state index contributed by atoms with van der Waals surface area (Å²) in [6, 6.07) is 0. The molecule has 0 spiro atoms. The van der Waals surface area contributed by atoms with Crippen LogP contribution in [-0.4, -0.2) is 17.4 Å². The van der Waals surface area contributed by atoms with Gasteiger partial charge >= 0.3 is 5.97 Å². The summed E-state index contributed by atoms with van der Waals surface area (Å²) in [7, 11) is 0. The first-order chi connectivity index (χ1) is 4.63. The van der Waals surface area contributed by atoms with Crippen molar-refractivity contribution in [2.45, 2.75) is 20.3 Å². The van der Waals surface area contributed by atoms with Crippen LogP contribution in [0.5, 0.6) is 0 Å². The number of hydrogen-bond acceptors (Lipinski definition) is 2. The van der Waals surface area contributed by atoms with Gasteiger partial charge in [-0.1, -0.05) is 20.3 Å². The Morgan fingerprint density at radius 2 is 2.20 bits per heavy atom. The van der Waals surface area contributed by atoms with Crippen molar-refractivity contribution >= 4 is 12.3 Å². The molecular formula is C7H12O3. The molecule has 3 heteroatoms. The largest absolute Gasteiger partial charge is 0.481 e. The molecule has 0 aliphatic rings. The van der Waals surface area contributed by atoms with Crippen molar-refractivity contribution < 1.29 is 14.7 Å². The lowest BCUT2D eigenvalue weighted by Gasteiger charge is -2.10. The SMILES string of the molecule is CCC(C)C(C=O)C(=O)O. The van der Waals surface area contributed by atoms with Crippen LogP contribution in [0.3, 0.4) is 0 Å². The van der Waals surface area contributed by atoms with E-state index in [1.54, 1.807) is 6.92 Å². The standard InChI is InChI=1S/C7H12O3/c1-3-5(2)6(4-8)7(9)10/h4-6H,3H2,1-2H3,(H,9,10). The van der Waals surface area contributed by atoms with Gasteiger partial charge in [0.25, 0.3) is 0 Å². The van der Waals surface area contributed by atoms with E-state index in [-0.39, 0.29) is 5.92 Å². The smallest absolute Gasteiger partial charge is 0.314 e. The van der Waals surface area contributed by atoms with E-state index in [0.717, 1.165) is 6.42 Å². The van der Waals surface area contributed by atoms with Crippen molar-refractivity contribution in [1.29, 1.82) is 0 Å². The van der Waals surface area contributed by atoms with Crippen LogP contribution < -0.4 is 0 Å². The highest BCUT2D eigenvalue weighted by atomic mass is 16.4. The van der Waals surface area contributed by atoms with Crippen molar-refractivity contribution in [3.8, 4) is 0 Å². The highest BCUT2D eigenvalue weighted by molar-refractivity contribution is 5.86. The van der Waals surface area contributed by atoms with Gasteiger partial charge in [0.15, 0.2) is 0 Å². The fourth-order valence-corrected chi connectivity index (χ4v) is 0.690. The second kappa shape index (κ2) is 4.04. The van der Waals surface area contributed by atoms with Gasteiger partial charge in [0.2, 0.25) is 0 Å². The number of carboxylic acids is 1. The maximum Gasteiger partial charge on any atom is 0.314 e. The number of carbonyl (C=O) groups excluding carboxylic acids is 1. The van der Waals surface area contributed by atoms with E-state index in [9.17, 15) is 9.59 Å². The molecule has 58 valence electrons. The van der Waals surface area contributed by atoms with Crippen LogP contribution in [0.4, 0.5) is 0 Å². The Balaban J connectivity index is 4.05. The maximum atomic E-state index is 10.3. The fraction of sp³-hybridized carbons (Fsp3) is 0.714. The highest BCUT2D eigenvalue weighted by Crippen LogP contribution is 2.12. The van der Waals surface area contributed by atoms with Crippen molar-refractivity contribution in [2.24, 2.45) is 11.8 Å². The van der Waals surface area contributed by atoms with Crippen molar-refractivity contribution in [2.75, 3.05) is 0 Å². The first-order valence-corrected chi connectivity index (χ1v) is 3.31. The zero-order valence-electron chi connectivity index (χ0n) is 6.20. The second-order valence-electron chi connectivity index (χ2n) is 2.39. The Labute approximate surface area is 60.0 Å². The van der Waals surface area contributed by atoms with Crippen molar-refractivity contribution in [1.82, 2.24) is 0 Å². The van der Waals surface area contributed by atoms with E-state index >= 15 is 0 Å². The van der Waals surface area contributed by atoms with Crippen molar-refractivity contribution in [3.05, 3.63) is 0 Å². The van der Waals surface area contributed by atoms with Gasteiger partial charge in [-0.05, 0) is 5.92 Å². The molecule has 0 amide bonds. The Bertz CT molecular complexity index is 131. The van der Waals surface area contributed by atoms with Gasteiger partial charge in [-0.2, -0.15) is 0 Å². The molecule has 0 saturated carbocycles. The monoisotopic (exact) mass is 144 g/mol. The summed E-state index contributed by atoms with van der Waals surface area (Å²) in [4.78, 5) is 20.5. The minimum atomic E-state index is -1.02. The zero-order valence-corrected chi connectivity index (χ0v) is 6.20. The molecule has 0 aromatic carbocycles. The number of carboxylic acid groups (broad SMARTS) is 1. The van der Waals surface area contributed by atoms with Gasteiger partial charge in [0.1, 0.15) is 12.2 Å². The fourth-order valence-electron chi connectivity index (χ4n) is 0.690. The van der Waals surface area contributed by atoms with E-state index in [1.165, 1.54) is 0 Å². The normalized spacial score (nSPS) is 15.8. The Morgan fingerprint density at radius 3 is 2.30 bits per heavy atom. The molecule has 0 aliphatic carbocycles. The Morgan fingerprint density at radius 1 is 1.70 bits per heavy atom. The molecule has 0 fully saturated rings. The first-order valence-electron chi connectivity index (χ1n) is 3.31. The minimum Gasteiger partial charge on any atom is -0.481 e. The van der Waals surface area contributed by atoms with E-state index < -0.39 is 11.9 Å². The van der Waals surface area contributed by atoms with E-state index in [0.29, 0.717) is 6.29 Å². The summed E-state index contributed by atoms with van der Waals surface area (Å²) >= 11 is 0. The van der Waals surface area contributed by atoms with Gasteiger partial charge in [-0.3, -0.25) is 4.79 Å². The number of aldehydes is 1. The molecule has 2 atom stereocenters. The van der Waals surface area contributed by atoms with Crippen LogP contribution in [0, 0.1) is 11.8 Å². The molecule has 0 aromatic heterocycles. The van der Waals surface area contributed by atoms with Crippen LogP contribution in [0.25, 0.3) is 0 Å².